The Morgan fingerprint density at radius 2 is 1.91 bits per heavy atom. The first-order valence-corrected chi connectivity index (χ1v) is 8.90. The van der Waals surface area contributed by atoms with E-state index < -0.39 is 21.6 Å². The number of carbonyl (C=O) groups is 1. The largest absolute Gasteiger partial charge is 0.274 e. The second kappa shape index (κ2) is 6.92. The molecule has 6 nitrogen and oxygen atoms in total. The van der Waals surface area contributed by atoms with Crippen molar-refractivity contribution in [3.05, 3.63) is 35.9 Å². The van der Waals surface area contributed by atoms with Crippen LogP contribution in [0.25, 0.3) is 0 Å². The van der Waals surface area contributed by atoms with Gasteiger partial charge < -0.3 is 0 Å². The Balaban J connectivity index is 1.90. The van der Waals surface area contributed by atoms with E-state index in [0.29, 0.717) is 24.8 Å². The van der Waals surface area contributed by atoms with Crippen LogP contribution in [0, 0.1) is 12.3 Å². The highest BCUT2D eigenvalue weighted by molar-refractivity contribution is 7.88. The maximum absolute atomic E-state index is 12.3. The van der Waals surface area contributed by atoms with Crippen LogP contribution in [0.15, 0.2) is 40.6 Å². The van der Waals surface area contributed by atoms with Gasteiger partial charge in [-0.3, -0.25) is 4.79 Å². The van der Waals surface area contributed by atoms with Gasteiger partial charge in [0.1, 0.15) is 0 Å². The van der Waals surface area contributed by atoms with Gasteiger partial charge in [-0.25, -0.2) is 12.7 Å². The van der Waals surface area contributed by atoms with Crippen molar-refractivity contribution in [2.45, 2.75) is 37.1 Å². The summed E-state index contributed by atoms with van der Waals surface area (Å²) in [6, 6.07) is 8.76. The minimum atomic E-state index is -3.69. The average molecular weight is 333 g/mol. The summed E-state index contributed by atoms with van der Waals surface area (Å²) in [6.07, 6.45) is 6.79. The van der Waals surface area contributed by atoms with Gasteiger partial charge in [0, 0.05) is 32.7 Å². The van der Waals surface area contributed by atoms with Gasteiger partial charge in [-0.1, -0.05) is 30.3 Å². The molecule has 0 aliphatic carbocycles. The van der Waals surface area contributed by atoms with Crippen molar-refractivity contribution in [3.63, 3.8) is 0 Å². The summed E-state index contributed by atoms with van der Waals surface area (Å²) < 4.78 is 25.4. The summed E-state index contributed by atoms with van der Waals surface area (Å²) in [5.41, 5.74) is 0.0660. The number of benzene rings is 1. The van der Waals surface area contributed by atoms with E-state index in [4.69, 9.17) is 6.42 Å². The lowest BCUT2D eigenvalue weighted by Crippen LogP contribution is -2.34. The molecule has 0 unspecified atom stereocenters. The van der Waals surface area contributed by atoms with Crippen molar-refractivity contribution in [3.8, 4) is 12.3 Å². The lowest BCUT2D eigenvalue weighted by molar-refractivity contribution is -0.125. The summed E-state index contributed by atoms with van der Waals surface area (Å²) in [4.78, 5) is 12.2. The number of rotatable bonds is 8. The molecule has 1 amide bonds. The SMILES string of the molecule is C#CCCC1(CCC(=O)N(C)S(=O)(=O)Cc2ccccc2)N=N1. The molecule has 0 radical (unpaired) electrons. The molecular formula is C16H19N3O3S. The molecule has 2 rings (SSSR count). The summed E-state index contributed by atoms with van der Waals surface area (Å²) in [6.45, 7) is 0. The molecule has 0 aromatic heterocycles. The number of amides is 1. The average Bonchev–Trinajstić information content (AvgIpc) is 3.31. The summed E-state index contributed by atoms with van der Waals surface area (Å²) in [7, 11) is -2.40. The van der Waals surface area contributed by atoms with E-state index in [1.807, 2.05) is 6.07 Å². The maximum Gasteiger partial charge on any atom is 0.241 e. The number of carbonyl (C=O) groups excluding carboxylic acids is 1. The molecule has 0 bridgehead atoms. The third kappa shape index (κ3) is 4.63. The van der Waals surface area contributed by atoms with E-state index >= 15 is 0 Å². The molecule has 23 heavy (non-hydrogen) atoms. The van der Waals surface area contributed by atoms with E-state index in [-0.39, 0.29) is 12.2 Å². The van der Waals surface area contributed by atoms with Crippen molar-refractivity contribution in [1.82, 2.24) is 4.31 Å². The zero-order valence-electron chi connectivity index (χ0n) is 13.0. The monoisotopic (exact) mass is 333 g/mol. The topological polar surface area (TPSA) is 79.2 Å². The Morgan fingerprint density at radius 1 is 1.26 bits per heavy atom. The molecular weight excluding hydrogens is 314 g/mol. The Morgan fingerprint density at radius 3 is 2.48 bits per heavy atom. The Hall–Kier alpha value is -2.20. The van der Waals surface area contributed by atoms with Crippen LogP contribution < -0.4 is 0 Å². The second-order valence-corrected chi connectivity index (χ2v) is 7.49. The molecule has 0 saturated heterocycles. The third-order valence-corrected chi connectivity index (χ3v) is 5.49. The van der Waals surface area contributed by atoms with Gasteiger partial charge in [-0.15, -0.1) is 12.3 Å². The van der Waals surface area contributed by atoms with E-state index in [1.165, 1.54) is 7.05 Å². The molecule has 1 aliphatic rings. The Labute approximate surface area is 136 Å². The molecule has 0 N–H and O–H groups in total. The van der Waals surface area contributed by atoms with Crippen LogP contribution in [0.1, 0.15) is 31.2 Å². The predicted molar refractivity (Wildman–Crippen MR) is 86.7 cm³/mol. The van der Waals surface area contributed by atoms with Crippen molar-refractivity contribution >= 4 is 15.9 Å². The number of nitrogens with zero attached hydrogens (tertiary/aromatic N) is 3. The van der Waals surface area contributed by atoms with Crippen LogP contribution in [0.2, 0.25) is 0 Å². The van der Waals surface area contributed by atoms with Crippen molar-refractivity contribution in [2.24, 2.45) is 10.2 Å². The molecule has 0 atom stereocenters. The molecule has 0 fully saturated rings. The van der Waals surface area contributed by atoms with Crippen LogP contribution in [-0.2, 0) is 20.6 Å². The van der Waals surface area contributed by atoms with Crippen LogP contribution in [0.4, 0.5) is 0 Å². The first kappa shape index (κ1) is 17.2. The van der Waals surface area contributed by atoms with Gasteiger partial charge in [0.25, 0.3) is 0 Å². The summed E-state index contributed by atoms with van der Waals surface area (Å²) in [5, 5.41) is 7.88. The zero-order chi connectivity index (χ0) is 16.9. The zero-order valence-corrected chi connectivity index (χ0v) is 13.8. The fourth-order valence-corrected chi connectivity index (χ4v) is 3.38. The minimum Gasteiger partial charge on any atom is -0.274 e. The molecule has 1 aromatic carbocycles. The van der Waals surface area contributed by atoms with Gasteiger partial charge in [-0.05, 0) is 5.56 Å². The van der Waals surface area contributed by atoms with Crippen molar-refractivity contribution in [2.75, 3.05) is 7.05 Å². The molecule has 1 heterocycles. The highest BCUT2D eigenvalue weighted by Crippen LogP contribution is 2.37. The number of terminal acetylenes is 1. The first-order chi connectivity index (χ1) is 10.9. The molecule has 0 spiro atoms. The van der Waals surface area contributed by atoms with Crippen LogP contribution in [0.5, 0.6) is 0 Å². The number of hydrogen-bond donors (Lipinski definition) is 0. The highest BCUT2D eigenvalue weighted by atomic mass is 32.2. The van der Waals surface area contributed by atoms with Gasteiger partial charge >= 0.3 is 0 Å². The smallest absolute Gasteiger partial charge is 0.241 e. The van der Waals surface area contributed by atoms with Crippen molar-refractivity contribution < 1.29 is 13.2 Å². The standard InChI is InChI=1S/C16H19N3O3S/c1-3-4-11-16(17-18-16)12-10-15(20)19(2)23(21,22)13-14-8-6-5-7-9-14/h1,5-9H,4,10-13H2,2H3. The fraction of sp³-hybridized carbons (Fsp3) is 0.438. The summed E-state index contributed by atoms with van der Waals surface area (Å²) in [5.74, 6) is 1.85. The highest BCUT2D eigenvalue weighted by Gasteiger charge is 2.40. The first-order valence-electron chi connectivity index (χ1n) is 7.29. The second-order valence-electron chi connectivity index (χ2n) is 5.49. The quantitative estimate of drug-likeness (QED) is 0.685. The normalized spacial score (nSPS) is 15.0. The van der Waals surface area contributed by atoms with E-state index in [9.17, 15) is 13.2 Å². The van der Waals surface area contributed by atoms with E-state index in [0.717, 1.165) is 4.31 Å². The van der Waals surface area contributed by atoms with Crippen LogP contribution >= 0.6 is 0 Å². The maximum atomic E-state index is 12.3. The predicted octanol–water partition coefficient (Wildman–Crippen LogP) is 2.33. The van der Waals surface area contributed by atoms with Gasteiger partial charge in [0.15, 0.2) is 5.66 Å². The molecule has 1 aliphatic heterocycles. The third-order valence-electron chi connectivity index (χ3n) is 3.75. The van der Waals surface area contributed by atoms with Crippen LogP contribution in [0.3, 0.4) is 0 Å². The van der Waals surface area contributed by atoms with Crippen molar-refractivity contribution in [1.29, 1.82) is 0 Å². The van der Waals surface area contributed by atoms with Crippen LogP contribution in [-0.4, -0.2) is 31.3 Å². The van der Waals surface area contributed by atoms with Gasteiger partial charge in [-0.2, -0.15) is 10.2 Å². The minimum absolute atomic E-state index is 0.0715. The van der Waals surface area contributed by atoms with E-state index in [1.54, 1.807) is 24.3 Å². The lowest BCUT2D eigenvalue weighted by Gasteiger charge is -2.18. The number of sulfonamides is 1. The van der Waals surface area contributed by atoms with Gasteiger partial charge in [0.05, 0.1) is 5.75 Å². The fourth-order valence-electron chi connectivity index (χ4n) is 2.17. The number of hydrogen-bond acceptors (Lipinski definition) is 5. The Bertz CT molecular complexity index is 730. The van der Waals surface area contributed by atoms with Gasteiger partial charge in [0.2, 0.25) is 15.9 Å². The summed E-state index contributed by atoms with van der Waals surface area (Å²) >= 11 is 0. The Kier molecular flexibility index (Phi) is 5.16. The van der Waals surface area contributed by atoms with E-state index in [2.05, 4.69) is 16.1 Å². The molecule has 122 valence electrons. The molecule has 7 heteroatoms. The molecule has 1 aromatic rings. The lowest BCUT2D eigenvalue weighted by atomic mass is 10.0. The molecule has 0 saturated carbocycles.